The highest BCUT2D eigenvalue weighted by atomic mass is 31.2. The zero-order valence-corrected chi connectivity index (χ0v) is 21.1. The zero-order valence-electron chi connectivity index (χ0n) is 19.3. The molecule has 3 unspecified atom stereocenters. The van der Waals surface area contributed by atoms with Gasteiger partial charge in [-0.25, -0.2) is 15.0 Å². The molecule has 1 fully saturated rings. The van der Waals surface area contributed by atoms with Gasteiger partial charge in [0.15, 0.2) is 17.7 Å². The first kappa shape index (κ1) is 26.2. The maximum Gasteiger partial charge on any atom is 0.333 e. The SMILES string of the molecule is CC(C)(O[C@@H]1C(O)[C@H](n2cnc3c(N)ncnc32)O[C@@H]1COP(=O)(O)C(C)(C)C)P(C)(=O)O. The van der Waals surface area contributed by atoms with Gasteiger partial charge >= 0.3 is 7.60 Å². The highest BCUT2D eigenvalue weighted by molar-refractivity contribution is 7.58. The number of ether oxygens (including phenoxy) is 2. The zero-order chi connectivity index (χ0) is 25.0. The van der Waals surface area contributed by atoms with Gasteiger partial charge in [-0.05, 0) is 34.6 Å². The molecular weight excluding hydrogens is 476 g/mol. The summed E-state index contributed by atoms with van der Waals surface area (Å²) in [5.74, 6) is 0.138. The van der Waals surface area contributed by atoms with E-state index in [0.29, 0.717) is 5.52 Å². The Balaban J connectivity index is 1.95. The smallest absolute Gasteiger partial charge is 0.333 e. The quantitative estimate of drug-likeness (QED) is 0.397. The first-order valence-corrected chi connectivity index (χ1v) is 13.9. The average molecular weight is 507 g/mol. The standard InChI is InChI=1S/C18H31N5O8P2/c1-17(2,3)33(27,28)29-7-10-13(31-18(4,5)32(6,25)26)12(24)16(30-10)23-9-22-11-14(19)20-8-21-15(11)23/h8-10,12-13,16,24H,7H2,1-6H3,(H,25,26)(H,27,28)(H2,19,20,21)/t10-,12?,13+,16-/m1/s1. The third-order valence-corrected chi connectivity index (χ3v) is 9.95. The van der Waals surface area contributed by atoms with Gasteiger partial charge in [-0.2, -0.15) is 0 Å². The van der Waals surface area contributed by atoms with Crippen molar-refractivity contribution in [1.29, 1.82) is 0 Å². The summed E-state index contributed by atoms with van der Waals surface area (Å²) in [5, 5.41) is 8.50. The van der Waals surface area contributed by atoms with Gasteiger partial charge in [0.25, 0.3) is 0 Å². The minimum Gasteiger partial charge on any atom is -0.386 e. The van der Waals surface area contributed by atoms with Gasteiger partial charge in [0.1, 0.15) is 35.5 Å². The Morgan fingerprint density at radius 1 is 1.18 bits per heavy atom. The summed E-state index contributed by atoms with van der Waals surface area (Å²) in [5.41, 5.74) is 6.42. The van der Waals surface area contributed by atoms with Crippen molar-refractivity contribution in [2.75, 3.05) is 19.0 Å². The first-order chi connectivity index (χ1) is 15.0. The van der Waals surface area contributed by atoms with E-state index in [0.717, 1.165) is 6.66 Å². The Bertz CT molecular complexity index is 1110. The average Bonchev–Trinajstić information content (AvgIpc) is 3.21. The van der Waals surface area contributed by atoms with Crippen LogP contribution in [-0.4, -0.2) is 76.5 Å². The Kier molecular flexibility index (Phi) is 6.87. The van der Waals surface area contributed by atoms with Gasteiger partial charge in [-0.15, -0.1) is 0 Å². The van der Waals surface area contributed by atoms with Gasteiger partial charge in [-0.1, -0.05) is 0 Å². The topological polar surface area (TPSA) is 192 Å². The monoisotopic (exact) mass is 507 g/mol. The molecule has 3 heterocycles. The van der Waals surface area contributed by atoms with Crippen LogP contribution < -0.4 is 5.73 Å². The Hall–Kier alpha value is -1.43. The van der Waals surface area contributed by atoms with Crippen LogP contribution >= 0.6 is 15.0 Å². The molecule has 0 aliphatic carbocycles. The molecular formula is C18H31N5O8P2. The second-order valence-electron chi connectivity index (χ2n) is 9.53. The molecule has 0 amide bonds. The lowest BCUT2D eigenvalue weighted by Crippen LogP contribution is -2.42. The van der Waals surface area contributed by atoms with Crippen LogP contribution in [0.4, 0.5) is 5.82 Å². The minimum absolute atomic E-state index is 0.138. The van der Waals surface area contributed by atoms with Crippen molar-refractivity contribution in [3.63, 3.8) is 0 Å². The van der Waals surface area contributed by atoms with E-state index >= 15 is 0 Å². The summed E-state index contributed by atoms with van der Waals surface area (Å²) in [7, 11) is -7.83. The molecule has 1 aliphatic rings. The largest absolute Gasteiger partial charge is 0.386 e. The summed E-state index contributed by atoms with van der Waals surface area (Å²) in [6.07, 6.45) is -2.11. The molecule has 186 valence electrons. The van der Waals surface area contributed by atoms with Gasteiger partial charge in [-0.3, -0.25) is 13.7 Å². The molecule has 0 aromatic carbocycles. The van der Waals surface area contributed by atoms with E-state index in [2.05, 4.69) is 15.0 Å². The molecule has 1 aliphatic heterocycles. The van der Waals surface area contributed by atoms with Crippen LogP contribution in [0.15, 0.2) is 12.7 Å². The van der Waals surface area contributed by atoms with Crippen LogP contribution in [-0.2, 0) is 23.1 Å². The van der Waals surface area contributed by atoms with Crippen molar-refractivity contribution in [3.05, 3.63) is 12.7 Å². The number of nitrogens with zero attached hydrogens (tertiary/aromatic N) is 4. The van der Waals surface area contributed by atoms with Crippen LogP contribution in [0, 0.1) is 0 Å². The summed E-state index contributed by atoms with van der Waals surface area (Å²) >= 11 is 0. The fraction of sp³-hybridized carbons (Fsp3) is 0.722. The fourth-order valence-corrected chi connectivity index (χ4v) is 4.14. The molecule has 15 heteroatoms. The number of hydrogen-bond acceptors (Lipinski definition) is 10. The molecule has 1 saturated heterocycles. The number of hydrogen-bond donors (Lipinski definition) is 4. The highest BCUT2D eigenvalue weighted by Gasteiger charge is 2.51. The van der Waals surface area contributed by atoms with Crippen LogP contribution in [0.5, 0.6) is 0 Å². The highest BCUT2D eigenvalue weighted by Crippen LogP contribution is 2.56. The van der Waals surface area contributed by atoms with E-state index in [1.807, 2.05) is 0 Å². The number of rotatable bonds is 7. The summed E-state index contributed by atoms with van der Waals surface area (Å²) < 4.78 is 43.5. The lowest BCUT2D eigenvalue weighted by Gasteiger charge is -2.34. The second kappa shape index (κ2) is 8.66. The maximum absolute atomic E-state index is 12.6. The molecule has 0 bridgehead atoms. The van der Waals surface area contributed by atoms with Crippen molar-refractivity contribution in [3.8, 4) is 0 Å². The van der Waals surface area contributed by atoms with Crippen LogP contribution in [0.2, 0.25) is 0 Å². The molecule has 0 spiro atoms. The van der Waals surface area contributed by atoms with Gasteiger partial charge < -0.3 is 34.6 Å². The predicted molar refractivity (Wildman–Crippen MR) is 120 cm³/mol. The van der Waals surface area contributed by atoms with E-state index in [-0.39, 0.29) is 11.5 Å². The first-order valence-electron chi connectivity index (χ1n) is 10.2. The number of aliphatic hydroxyl groups excluding tert-OH is 1. The number of aliphatic hydroxyl groups is 1. The lowest BCUT2D eigenvalue weighted by atomic mass is 10.1. The molecule has 2 aromatic rings. The summed E-state index contributed by atoms with van der Waals surface area (Å²) in [6.45, 7) is 8.22. The van der Waals surface area contributed by atoms with Gasteiger partial charge in [0.2, 0.25) is 7.37 Å². The number of imidazole rings is 1. The van der Waals surface area contributed by atoms with E-state index in [1.54, 1.807) is 20.8 Å². The number of nitrogens with two attached hydrogens (primary N) is 1. The Morgan fingerprint density at radius 2 is 1.82 bits per heavy atom. The molecule has 5 N–H and O–H groups in total. The van der Waals surface area contributed by atoms with E-state index in [4.69, 9.17) is 19.7 Å². The minimum atomic E-state index is -4.06. The third-order valence-electron chi connectivity index (χ3n) is 5.66. The van der Waals surface area contributed by atoms with E-state index in [1.165, 1.54) is 31.1 Å². The van der Waals surface area contributed by atoms with Crippen molar-refractivity contribution in [2.45, 2.75) is 69.7 Å². The third kappa shape index (κ3) is 5.01. The Labute approximate surface area is 191 Å². The number of anilines is 1. The Morgan fingerprint density at radius 3 is 2.39 bits per heavy atom. The molecule has 0 saturated carbocycles. The fourth-order valence-electron chi connectivity index (χ4n) is 3.08. The number of nitrogen functional groups attached to an aromatic ring is 1. The van der Waals surface area contributed by atoms with E-state index < -0.39 is 56.6 Å². The maximum atomic E-state index is 12.6. The molecule has 6 atom stereocenters. The molecule has 13 nitrogen and oxygen atoms in total. The van der Waals surface area contributed by atoms with Crippen molar-refractivity contribution >= 4 is 31.9 Å². The van der Waals surface area contributed by atoms with Crippen LogP contribution in [0.3, 0.4) is 0 Å². The second-order valence-corrected chi connectivity index (χ2v) is 15.0. The normalized spacial score (nSPS) is 28.0. The lowest BCUT2D eigenvalue weighted by molar-refractivity contribution is -0.0960. The van der Waals surface area contributed by atoms with E-state index in [9.17, 15) is 24.0 Å². The van der Waals surface area contributed by atoms with Crippen molar-refractivity contribution < 1.29 is 38.0 Å². The predicted octanol–water partition coefficient (Wildman–Crippen LogP) is 1.69. The van der Waals surface area contributed by atoms with Gasteiger partial charge in [0.05, 0.1) is 18.1 Å². The summed E-state index contributed by atoms with van der Waals surface area (Å²) in [4.78, 5) is 32.6. The van der Waals surface area contributed by atoms with Crippen molar-refractivity contribution in [1.82, 2.24) is 19.5 Å². The van der Waals surface area contributed by atoms with Gasteiger partial charge in [0, 0.05) is 6.66 Å². The summed E-state index contributed by atoms with van der Waals surface area (Å²) in [6, 6.07) is 0. The van der Waals surface area contributed by atoms with Crippen LogP contribution in [0.1, 0.15) is 40.8 Å². The van der Waals surface area contributed by atoms with Crippen molar-refractivity contribution in [2.24, 2.45) is 0 Å². The number of fused-ring (bicyclic) bond motifs is 1. The molecule has 33 heavy (non-hydrogen) atoms. The molecule has 3 rings (SSSR count). The molecule has 2 aromatic heterocycles. The molecule has 0 radical (unpaired) electrons. The van der Waals surface area contributed by atoms with Crippen LogP contribution in [0.25, 0.3) is 11.2 Å². The number of aromatic nitrogens is 4.